The molecule has 0 spiro atoms. The lowest BCUT2D eigenvalue weighted by Gasteiger charge is -2.02. The molecule has 0 aromatic carbocycles. The first-order valence-corrected chi connectivity index (χ1v) is 5.27. The van der Waals surface area contributed by atoms with Gasteiger partial charge in [-0.3, -0.25) is 0 Å². The van der Waals surface area contributed by atoms with Gasteiger partial charge in [0.2, 0.25) is 0 Å². The first-order chi connectivity index (χ1) is 6.18. The number of rotatable bonds is 7. The van der Waals surface area contributed by atoms with Gasteiger partial charge in [-0.2, -0.15) is 0 Å². The Labute approximate surface area is 92.6 Å². The molecule has 0 rings (SSSR count). The highest BCUT2D eigenvalue weighted by atomic mass is 127. The lowest BCUT2D eigenvalue weighted by atomic mass is 10.2. The molecule has 0 aromatic rings. The first kappa shape index (κ1) is 12.9. The minimum atomic E-state index is -0.313. The summed E-state index contributed by atoms with van der Waals surface area (Å²) in [4.78, 5) is 10.9. The first-order valence-electron chi connectivity index (χ1n) is 4.19. The van der Waals surface area contributed by atoms with Crippen LogP contribution in [0.5, 0.6) is 0 Å². The van der Waals surface area contributed by atoms with E-state index in [0.29, 0.717) is 10.2 Å². The van der Waals surface area contributed by atoms with Gasteiger partial charge in [0, 0.05) is 13.7 Å². The van der Waals surface area contributed by atoms with Crippen LogP contribution in [0.2, 0.25) is 0 Å². The van der Waals surface area contributed by atoms with Crippen LogP contribution in [0.1, 0.15) is 19.3 Å². The summed E-state index contributed by atoms with van der Waals surface area (Å²) in [6, 6.07) is 0. The van der Waals surface area contributed by atoms with E-state index >= 15 is 0 Å². The number of methoxy groups -OCH3 is 1. The van der Waals surface area contributed by atoms with Crippen LogP contribution in [-0.2, 0) is 14.3 Å². The molecule has 3 nitrogen and oxygen atoms in total. The number of esters is 1. The van der Waals surface area contributed by atoms with E-state index in [1.807, 2.05) is 22.6 Å². The van der Waals surface area contributed by atoms with Crippen molar-refractivity contribution in [2.24, 2.45) is 0 Å². The molecule has 0 amide bonds. The summed E-state index contributed by atoms with van der Waals surface area (Å²) in [5.41, 5.74) is 0. The lowest BCUT2D eigenvalue weighted by molar-refractivity contribution is -0.138. The van der Waals surface area contributed by atoms with Crippen LogP contribution in [-0.4, -0.2) is 26.3 Å². The van der Waals surface area contributed by atoms with Crippen molar-refractivity contribution in [1.82, 2.24) is 0 Å². The highest BCUT2D eigenvalue weighted by Crippen LogP contribution is 2.05. The molecule has 4 heteroatoms. The summed E-state index contributed by atoms with van der Waals surface area (Å²) in [6.07, 6.45) is 2.92. The fraction of sp³-hybridized carbons (Fsp3) is 0.667. The lowest BCUT2D eigenvalue weighted by Crippen LogP contribution is -2.04. The van der Waals surface area contributed by atoms with Crippen LogP contribution in [0.4, 0.5) is 0 Å². The summed E-state index contributed by atoms with van der Waals surface area (Å²) in [7, 11) is 1.68. The predicted octanol–water partition coefficient (Wildman–Crippen LogP) is 2.29. The maximum Gasteiger partial charge on any atom is 0.343 e. The van der Waals surface area contributed by atoms with E-state index < -0.39 is 0 Å². The van der Waals surface area contributed by atoms with E-state index in [2.05, 4.69) is 6.58 Å². The van der Waals surface area contributed by atoms with Crippen molar-refractivity contribution in [3.05, 3.63) is 10.2 Å². The summed E-state index contributed by atoms with van der Waals surface area (Å²) >= 11 is 1.85. The molecule has 13 heavy (non-hydrogen) atoms. The average molecular weight is 298 g/mol. The van der Waals surface area contributed by atoms with Crippen molar-refractivity contribution < 1.29 is 14.3 Å². The molecule has 0 aromatic heterocycles. The zero-order chi connectivity index (χ0) is 10.1. The van der Waals surface area contributed by atoms with Crippen LogP contribution in [0.15, 0.2) is 10.2 Å². The highest BCUT2D eigenvalue weighted by molar-refractivity contribution is 14.1. The van der Waals surface area contributed by atoms with Crippen molar-refractivity contribution in [1.29, 1.82) is 0 Å². The van der Waals surface area contributed by atoms with Gasteiger partial charge >= 0.3 is 5.97 Å². The maximum absolute atomic E-state index is 10.9. The number of hydrogen-bond acceptors (Lipinski definition) is 3. The topological polar surface area (TPSA) is 35.5 Å². The van der Waals surface area contributed by atoms with Gasteiger partial charge in [-0.05, 0) is 41.9 Å². The Morgan fingerprint density at radius 1 is 1.31 bits per heavy atom. The molecule has 0 saturated carbocycles. The third kappa shape index (κ3) is 8.24. The Bertz CT molecular complexity index is 168. The van der Waals surface area contributed by atoms with Gasteiger partial charge in [-0.25, -0.2) is 4.79 Å². The van der Waals surface area contributed by atoms with Gasteiger partial charge in [0.25, 0.3) is 0 Å². The fourth-order valence-electron chi connectivity index (χ4n) is 0.768. The second kappa shape index (κ2) is 8.50. The van der Waals surface area contributed by atoms with Crippen LogP contribution in [0, 0.1) is 0 Å². The van der Waals surface area contributed by atoms with E-state index in [4.69, 9.17) is 9.47 Å². The molecule has 0 unspecified atom stereocenters. The molecule has 0 bridgehead atoms. The van der Waals surface area contributed by atoms with E-state index in [-0.39, 0.29) is 5.97 Å². The normalized spacial score (nSPS) is 9.69. The number of halogens is 1. The second-order valence-corrected chi connectivity index (χ2v) is 3.90. The van der Waals surface area contributed by atoms with Gasteiger partial charge in [0.1, 0.15) is 0 Å². The predicted molar refractivity (Wildman–Crippen MR) is 59.8 cm³/mol. The Hall–Kier alpha value is -0.100. The molecule has 0 N–H and O–H groups in total. The van der Waals surface area contributed by atoms with Crippen molar-refractivity contribution in [2.45, 2.75) is 19.3 Å². The van der Waals surface area contributed by atoms with Crippen LogP contribution >= 0.6 is 22.6 Å². The summed E-state index contributed by atoms with van der Waals surface area (Å²) in [6.45, 7) is 4.72. The fourth-order valence-corrected chi connectivity index (χ4v) is 0.924. The van der Waals surface area contributed by atoms with Crippen LogP contribution < -0.4 is 0 Å². The van der Waals surface area contributed by atoms with Crippen molar-refractivity contribution in [2.75, 3.05) is 20.3 Å². The number of carbonyl (C=O) groups excluding carboxylic acids is 1. The number of ether oxygens (including phenoxy) is 2. The maximum atomic E-state index is 10.9. The summed E-state index contributed by atoms with van der Waals surface area (Å²) in [5, 5.41) is 0. The van der Waals surface area contributed by atoms with E-state index in [9.17, 15) is 4.79 Å². The molecule has 0 saturated heterocycles. The minimum absolute atomic E-state index is 0.313. The van der Waals surface area contributed by atoms with E-state index in [1.165, 1.54) is 0 Å². The third-order valence-electron chi connectivity index (χ3n) is 1.45. The Morgan fingerprint density at radius 2 is 1.92 bits per heavy atom. The van der Waals surface area contributed by atoms with Gasteiger partial charge in [0.05, 0.1) is 10.2 Å². The number of hydrogen-bond donors (Lipinski definition) is 0. The molecular formula is C9H15IO3. The Balaban J connectivity index is 3.16. The molecule has 0 radical (unpaired) electrons. The highest BCUT2D eigenvalue weighted by Gasteiger charge is 2.02. The van der Waals surface area contributed by atoms with Crippen LogP contribution in [0.3, 0.4) is 0 Å². The molecule has 0 heterocycles. The zero-order valence-corrected chi connectivity index (χ0v) is 10.0. The molecule has 0 aliphatic heterocycles. The van der Waals surface area contributed by atoms with Gasteiger partial charge in [0.15, 0.2) is 0 Å². The standard InChI is InChI=1S/C9H15IO3/c1-8(10)9(11)13-7-5-3-4-6-12-2/h1,3-7H2,2H3. The Kier molecular flexibility index (Phi) is 8.43. The summed E-state index contributed by atoms with van der Waals surface area (Å²) in [5.74, 6) is -0.313. The van der Waals surface area contributed by atoms with Gasteiger partial charge in [-0.1, -0.05) is 6.58 Å². The van der Waals surface area contributed by atoms with Crippen LogP contribution in [0.25, 0.3) is 0 Å². The quantitative estimate of drug-likeness (QED) is 0.313. The average Bonchev–Trinajstić information content (AvgIpc) is 2.10. The molecule has 0 aliphatic carbocycles. The number of carbonyl (C=O) groups is 1. The van der Waals surface area contributed by atoms with Crippen molar-refractivity contribution >= 4 is 28.6 Å². The molecule has 0 fully saturated rings. The van der Waals surface area contributed by atoms with Gasteiger partial charge < -0.3 is 9.47 Å². The van der Waals surface area contributed by atoms with Crippen molar-refractivity contribution in [3.63, 3.8) is 0 Å². The SMILES string of the molecule is C=C(I)C(=O)OCCCCCOC. The molecular weight excluding hydrogens is 283 g/mol. The molecule has 0 aliphatic rings. The third-order valence-corrected chi connectivity index (χ3v) is 1.89. The van der Waals surface area contributed by atoms with Crippen molar-refractivity contribution in [3.8, 4) is 0 Å². The van der Waals surface area contributed by atoms with Gasteiger partial charge in [-0.15, -0.1) is 0 Å². The monoisotopic (exact) mass is 298 g/mol. The van der Waals surface area contributed by atoms with E-state index in [0.717, 1.165) is 25.9 Å². The second-order valence-electron chi connectivity index (χ2n) is 2.59. The summed E-state index contributed by atoms with van der Waals surface area (Å²) < 4.78 is 10.2. The Morgan fingerprint density at radius 3 is 2.46 bits per heavy atom. The largest absolute Gasteiger partial charge is 0.462 e. The molecule has 0 atom stereocenters. The smallest absolute Gasteiger partial charge is 0.343 e. The number of unbranched alkanes of at least 4 members (excludes halogenated alkanes) is 2. The minimum Gasteiger partial charge on any atom is -0.462 e. The van der Waals surface area contributed by atoms with E-state index in [1.54, 1.807) is 7.11 Å². The zero-order valence-electron chi connectivity index (χ0n) is 7.85. The molecule has 76 valence electrons.